The van der Waals surface area contributed by atoms with Crippen LogP contribution in [-0.2, 0) is 5.41 Å². The van der Waals surface area contributed by atoms with Crippen LogP contribution < -0.4 is 4.90 Å². The molecule has 0 N–H and O–H groups in total. The van der Waals surface area contributed by atoms with Gasteiger partial charge in [0.1, 0.15) is 0 Å². The number of nitrogens with zero attached hydrogens (tertiary/aromatic N) is 1. The summed E-state index contributed by atoms with van der Waals surface area (Å²) in [6.45, 7) is 4.72. The van der Waals surface area contributed by atoms with E-state index in [9.17, 15) is 0 Å². The van der Waals surface area contributed by atoms with Gasteiger partial charge < -0.3 is 4.90 Å². The normalized spacial score (nSPS) is 12.8. The zero-order valence-electron chi connectivity index (χ0n) is 30.5. The smallest absolute Gasteiger partial charge is 0.0543 e. The van der Waals surface area contributed by atoms with E-state index >= 15 is 0 Å². The van der Waals surface area contributed by atoms with Gasteiger partial charge in [0.2, 0.25) is 0 Å². The molecule has 54 heavy (non-hydrogen) atoms. The van der Waals surface area contributed by atoms with Crippen molar-refractivity contribution >= 4 is 38.6 Å². The lowest BCUT2D eigenvalue weighted by Crippen LogP contribution is -2.16. The maximum absolute atomic E-state index is 2.51. The first-order valence-corrected chi connectivity index (χ1v) is 18.8. The third-order valence-corrected chi connectivity index (χ3v) is 11.5. The summed E-state index contributed by atoms with van der Waals surface area (Å²) < 4.78 is 0. The third kappa shape index (κ3) is 5.24. The van der Waals surface area contributed by atoms with Crippen molar-refractivity contribution < 1.29 is 0 Å². The highest BCUT2D eigenvalue weighted by atomic mass is 15.1. The summed E-state index contributed by atoms with van der Waals surface area (Å²) in [6, 6.07) is 73.6. The Labute approximate surface area is 317 Å². The minimum atomic E-state index is -0.122. The van der Waals surface area contributed by atoms with Crippen molar-refractivity contribution in [3.63, 3.8) is 0 Å². The summed E-state index contributed by atoms with van der Waals surface area (Å²) in [5.41, 5.74) is 15.8. The quantitative estimate of drug-likeness (QED) is 0.168. The molecule has 0 aromatic heterocycles. The lowest BCUT2D eigenvalue weighted by atomic mass is 9.82. The molecule has 1 heteroatoms. The molecule has 0 aliphatic heterocycles. The van der Waals surface area contributed by atoms with Gasteiger partial charge in [0, 0.05) is 22.2 Å². The van der Waals surface area contributed by atoms with Crippen LogP contribution in [0.15, 0.2) is 200 Å². The molecule has 1 nitrogen and oxygen atoms in total. The highest BCUT2D eigenvalue weighted by Crippen LogP contribution is 2.55. The van der Waals surface area contributed by atoms with Crippen LogP contribution in [0.3, 0.4) is 0 Å². The summed E-state index contributed by atoms with van der Waals surface area (Å²) in [6.07, 6.45) is 0. The Morgan fingerprint density at radius 2 is 0.944 bits per heavy atom. The topological polar surface area (TPSA) is 3.24 Å². The number of fused-ring (bicyclic) bond motifs is 5. The van der Waals surface area contributed by atoms with Crippen molar-refractivity contribution in [2.75, 3.05) is 4.90 Å². The SMILES string of the molecule is CC1(C)c2ccccc2-c2c(N(c3ccc(-c4ccccc4)cc3)c3ccc(-c4ccc5ccccc5c4)cc3-c3cccc4ccccc34)cccc21. The van der Waals surface area contributed by atoms with E-state index in [1.807, 2.05) is 0 Å². The average Bonchev–Trinajstić information content (AvgIpc) is 3.47. The van der Waals surface area contributed by atoms with Crippen molar-refractivity contribution in [3.8, 4) is 44.5 Å². The predicted molar refractivity (Wildman–Crippen MR) is 230 cm³/mol. The Hall–Kier alpha value is -6.70. The summed E-state index contributed by atoms with van der Waals surface area (Å²) >= 11 is 0. The molecule has 10 rings (SSSR count). The molecule has 0 spiro atoms. The first-order chi connectivity index (χ1) is 26.5. The number of hydrogen-bond acceptors (Lipinski definition) is 1. The highest BCUT2D eigenvalue weighted by molar-refractivity contribution is 6.04. The molecule has 256 valence electrons. The summed E-state index contributed by atoms with van der Waals surface area (Å²) in [4.78, 5) is 2.51. The number of rotatable bonds is 6. The Balaban J connectivity index is 1.26. The fourth-order valence-electron chi connectivity index (χ4n) is 8.72. The minimum absolute atomic E-state index is 0.122. The van der Waals surface area contributed by atoms with Gasteiger partial charge in [-0.25, -0.2) is 0 Å². The van der Waals surface area contributed by atoms with Gasteiger partial charge in [-0.15, -0.1) is 0 Å². The molecule has 0 amide bonds. The van der Waals surface area contributed by atoms with Crippen molar-refractivity contribution in [1.82, 2.24) is 0 Å². The summed E-state index contributed by atoms with van der Waals surface area (Å²) in [5.74, 6) is 0. The van der Waals surface area contributed by atoms with Crippen LogP contribution in [0.2, 0.25) is 0 Å². The minimum Gasteiger partial charge on any atom is -0.309 e. The first-order valence-electron chi connectivity index (χ1n) is 18.8. The van der Waals surface area contributed by atoms with Gasteiger partial charge in [-0.2, -0.15) is 0 Å². The van der Waals surface area contributed by atoms with Gasteiger partial charge in [-0.05, 0) is 102 Å². The molecule has 9 aromatic rings. The molecule has 0 unspecified atom stereocenters. The van der Waals surface area contributed by atoms with Gasteiger partial charge in [0.15, 0.2) is 0 Å². The van der Waals surface area contributed by atoms with E-state index in [0.717, 1.165) is 11.4 Å². The third-order valence-electron chi connectivity index (χ3n) is 11.5. The molecule has 0 radical (unpaired) electrons. The van der Waals surface area contributed by atoms with Crippen molar-refractivity contribution in [3.05, 3.63) is 211 Å². The monoisotopic (exact) mass is 689 g/mol. The van der Waals surface area contributed by atoms with Crippen molar-refractivity contribution in [2.24, 2.45) is 0 Å². The fourth-order valence-corrected chi connectivity index (χ4v) is 8.72. The van der Waals surface area contributed by atoms with Crippen LogP contribution in [0.25, 0.3) is 66.1 Å². The van der Waals surface area contributed by atoms with Crippen LogP contribution in [-0.4, -0.2) is 0 Å². The summed E-state index contributed by atoms with van der Waals surface area (Å²) in [7, 11) is 0. The molecule has 0 fully saturated rings. The molecule has 0 saturated heterocycles. The Kier molecular flexibility index (Phi) is 7.56. The average molecular weight is 690 g/mol. The van der Waals surface area contributed by atoms with Gasteiger partial charge in [-0.1, -0.05) is 178 Å². The molecular formula is C53H39N. The number of hydrogen-bond donors (Lipinski definition) is 0. The van der Waals surface area contributed by atoms with Gasteiger partial charge in [0.05, 0.1) is 11.4 Å². The van der Waals surface area contributed by atoms with Crippen LogP contribution in [0.1, 0.15) is 25.0 Å². The van der Waals surface area contributed by atoms with E-state index in [-0.39, 0.29) is 5.41 Å². The largest absolute Gasteiger partial charge is 0.309 e. The lowest BCUT2D eigenvalue weighted by Gasteiger charge is -2.31. The van der Waals surface area contributed by atoms with E-state index in [2.05, 4.69) is 219 Å². The van der Waals surface area contributed by atoms with Crippen LogP contribution >= 0.6 is 0 Å². The predicted octanol–water partition coefficient (Wildman–Crippen LogP) is 14.8. The highest BCUT2D eigenvalue weighted by Gasteiger charge is 2.38. The molecule has 0 saturated carbocycles. The number of benzene rings is 9. The van der Waals surface area contributed by atoms with Gasteiger partial charge in [0.25, 0.3) is 0 Å². The molecule has 0 heterocycles. The molecule has 9 aromatic carbocycles. The van der Waals surface area contributed by atoms with Crippen molar-refractivity contribution in [2.45, 2.75) is 19.3 Å². The lowest BCUT2D eigenvalue weighted by molar-refractivity contribution is 0.660. The van der Waals surface area contributed by atoms with Crippen molar-refractivity contribution in [1.29, 1.82) is 0 Å². The van der Waals surface area contributed by atoms with Crippen LogP contribution in [0.4, 0.5) is 17.1 Å². The maximum Gasteiger partial charge on any atom is 0.0543 e. The molecule has 0 atom stereocenters. The zero-order chi connectivity index (χ0) is 36.2. The maximum atomic E-state index is 2.51. The first kappa shape index (κ1) is 32.0. The summed E-state index contributed by atoms with van der Waals surface area (Å²) in [5, 5.41) is 4.96. The molecule has 0 bridgehead atoms. The second-order valence-electron chi connectivity index (χ2n) is 14.9. The molecular weight excluding hydrogens is 651 g/mol. The molecule has 1 aliphatic carbocycles. The zero-order valence-corrected chi connectivity index (χ0v) is 30.5. The standard InChI is InChI=1S/C53H39N/c1-53(2)48-23-11-10-21-46(48)52-49(53)24-13-25-51(52)54(43-31-28-38(29-32-43)36-14-4-3-5-15-36)50-33-30-42(41-27-26-37-16-6-7-18-40(37)34-41)35-47(50)45-22-12-19-39-17-8-9-20-44(39)45/h3-35H,1-2H3. The van der Waals surface area contributed by atoms with Gasteiger partial charge in [-0.3, -0.25) is 0 Å². The Bertz CT molecular complexity index is 2840. The van der Waals surface area contributed by atoms with E-state index in [0.29, 0.717) is 0 Å². The molecule has 1 aliphatic rings. The fraction of sp³-hybridized carbons (Fsp3) is 0.0566. The number of anilines is 3. The van der Waals surface area contributed by atoms with Gasteiger partial charge >= 0.3 is 0 Å². The second-order valence-corrected chi connectivity index (χ2v) is 14.9. The van der Waals surface area contributed by atoms with E-state index < -0.39 is 0 Å². The second kappa shape index (κ2) is 12.8. The van der Waals surface area contributed by atoms with E-state index in [1.165, 1.54) is 82.9 Å². The van der Waals surface area contributed by atoms with E-state index in [4.69, 9.17) is 0 Å². The van der Waals surface area contributed by atoms with Crippen LogP contribution in [0.5, 0.6) is 0 Å². The van der Waals surface area contributed by atoms with Crippen LogP contribution in [0, 0.1) is 0 Å². The Morgan fingerprint density at radius 1 is 0.352 bits per heavy atom. The van der Waals surface area contributed by atoms with E-state index in [1.54, 1.807) is 0 Å². The Morgan fingerprint density at radius 3 is 1.80 bits per heavy atom.